The van der Waals surface area contributed by atoms with Crippen LogP contribution < -0.4 is 0 Å². The van der Waals surface area contributed by atoms with Crippen LogP contribution in [0.3, 0.4) is 0 Å². The zero-order chi connectivity index (χ0) is 36.0. The molecule has 0 N–H and O–H groups in total. The summed E-state index contributed by atoms with van der Waals surface area (Å²) in [7, 11) is 0. The molecule has 16 heteroatoms. The first kappa shape index (κ1) is 36.3. The Kier molecular flexibility index (Phi) is 9.22. The summed E-state index contributed by atoms with van der Waals surface area (Å²) in [5.74, 6) is -2.13. The van der Waals surface area contributed by atoms with Crippen molar-refractivity contribution >= 4 is 11.8 Å². The van der Waals surface area contributed by atoms with Crippen molar-refractivity contribution in [1.82, 2.24) is 20.2 Å². The van der Waals surface area contributed by atoms with Gasteiger partial charge in [0.05, 0.1) is 31.6 Å². The molecule has 0 bridgehead atoms. The highest BCUT2D eigenvalue weighted by Crippen LogP contribution is 2.56. The Morgan fingerprint density at radius 2 is 1.43 bits per heavy atom. The van der Waals surface area contributed by atoms with Crippen LogP contribution in [-0.2, 0) is 71.5 Å². The van der Waals surface area contributed by atoms with E-state index in [0.717, 1.165) is 42.8 Å². The van der Waals surface area contributed by atoms with E-state index in [-0.39, 0.29) is 30.3 Å². The van der Waals surface area contributed by atoms with Gasteiger partial charge in [-0.3, -0.25) is 4.68 Å². The Bertz CT molecular complexity index is 1570. The third kappa shape index (κ3) is 6.92. The lowest BCUT2D eigenvalue weighted by Crippen LogP contribution is -2.49. The van der Waals surface area contributed by atoms with Gasteiger partial charge in [0.1, 0.15) is 46.7 Å². The Labute approximate surface area is 302 Å². The molecule has 0 aromatic carbocycles. The molecule has 6 aliphatic rings. The first-order valence-electron chi connectivity index (χ1n) is 18.1. The van der Waals surface area contributed by atoms with E-state index in [0.29, 0.717) is 19.8 Å². The number of fused-ring (bicyclic) bond motifs is 2. The molecule has 0 radical (unpaired) electrons. The lowest BCUT2D eigenvalue weighted by Gasteiger charge is -2.37. The first-order valence-corrected chi connectivity index (χ1v) is 19.3. The number of nitrogens with zero attached hydrogens (tertiary/aromatic N) is 4. The monoisotopic (exact) mass is 736 g/mol. The molecule has 6 saturated heterocycles. The van der Waals surface area contributed by atoms with E-state index < -0.39 is 52.7 Å². The average molecular weight is 737 g/mol. The molecule has 0 spiro atoms. The van der Waals surface area contributed by atoms with Gasteiger partial charge in [-0.2, -0.15) is 0 Å². The predicted octanol–water partition coefficient (Wildman–Crippen LogP) is 4.06. The minimum Gasteiger partial charge on any atom is -0.361 e. The van der Waals surface area contributed by atoms with Crippen molar-refractivity contribution in [2.75, 3.05) is 19.5 Å². The number of unbranched alkanes of at least 4 members (excludes halogenated alkanes) is 1. The zero-order valence-electron chi connectivity index (χ0n) is 31.0. The maximum atomic E-state index is 6.53. The van der Waals surface area contributed by atoms with Crippen LogP contribution in [0.25, 0.3) is 0 Å². The standard InChI is InChI=1S/C35H52N4O11S/c1-31(2)40-17-22(44-31)25-21(26-29(42-25)48-33(5,6)46-26)16-39-15-19(36-38-39)12-10-11-13-20-14-24(37-50-20)35(51-9)27(23-18-41-32(3,4)45-23)43-30-28(35)47-34(7,8)49-30/h14-15,21-23,25-30H,10-13,16-18H2,1-9H3/t21-,22-,23-,25+,26-,27-,28+,29-,30-,35+/m1/s1. The maximum Gasteiger partial charge on any atom is 0.189 e. The average Bonchev–Trinajstić information content (AvgIpc) is 3.90. The number of rotatable bonds is 11. The van der Waals surface area contributed by atoms with Crippen molar-refractivity contribution < 1.29 is 51.9 Å². The van der Waals surface area contributed by atoms with Crippen LogP contribution in [0.5, 0.6) is 0 Å². The van der Waals surface area contributed by atoms with Crippen molar-refractivity contribution in [2.45, 2.75) is 165 Å². The van der Waals surface area contributed by atoms with Crippen LogP contribution in [0.2, 0.25) is 0 Å². The number of aryl methyl sites for hydroxylation is 2. The molecule has 6 aliphatic heterocycles. The Morgan fingerprint density at radius 3 is 2.14 bits per heavy atom. The van der Waals surface area contributed by atoms with Crippen LogP contribution in [0.1, 0.15) is 85.4 Å². The lowest BCUT2D eigenvalue weighted by molar-refractivity contribution is -0.227. The second-order valence-electron chi connectivity index (χ2n) is 16.3. The highest BCUT2D eigenvalue weighted by molar-refractivity contribution is 7.99. The molecule has 10 atom stereocenters. The molecule has 15 nitrogen and oxygen atoms in total. The lowest BCUT2D eigenvalue weighted by atomic mass is 9.89. The van der Waals surface area contributed by atoms with E-state index in [4.69, 9.17) is 51.9 Å². The largest absolute Gasteiger partial charge is 0.361 e. The number of ether oxygens (including phenoxy) is 10. The van der Waals surface area contributed by atoms with Crippen molar-refractivity contribution in [3.8, 4) is 0 Å². The van der Waals surface area contributed by atoms with Crippen LogP contribution >= 0.6 is 11.8 Å². The van der Waals surface area contributed by atoms with Gasteiger partial charge < -0.3 is 51.9 Å². The summed E-state index contributed by atoms with van der Waals surface area (Å²) in [6.45, 7) is 16.7. The quantitative estimate of drug-likeness (QED) is 0.305. The van der Waals surface area contributed by atoms with E-state index in [2.05, 4.69) is 15.5 Å². The van der Waals surface area contributed by atoms with Gasteiger partial charge in [0.2, 0.25) is 0 Å². The molecule has 0 amide bonds. The normalized spacial score (nSPS) is 40.3. The summed E-state index contributed by atoms with van der Waals surface area (Å²) in [6, 6.07) is 2.03. The van der Waals surface area contributed by atoms with E-state index in [1.54, 1.807) is 11.8 Å². The molecule has 0 saturated carbocycles. The Morgan fingerprint density at radius 1 is 0.745 bits per heavy atom. The third-order valence-electron chi connectivity index (χ3n) is 10.6. The molecule has 8 heterocycles. The van der Waals surface area contributed by atoms with Gasteiger partial charge in [0, 0.05) is 24.6 Å². The number of thioether (sulfide) groups is 1. The van der Waals surface area contributed by atoms with Crippen molar-refractivity contribution in [2.24, 2.45) is 5.92 Å². The summed E-state index contributed by atoms with van der Waals surface area (Å²) >= 11 is 1.63. The molecule has 2 aromatic rings. The van der Waals surface area contributed by atoms with E-state index in [1.165, 1.54) is 0 Å². The van der Waals surface area contributed by atoms with Gasteiger partial charge in [-0.1, -0.05) is 10.4 Å². The van der Waals surface area contributed by atoms with Crippen LogP contribution in [-0.4, -0.2) is 112 Å². The van der Waals surface area contributed by atoms with Gasteiger partial charge in [-0.05, 0) is 80.9 Å². The Hall–Kier alpha value is -1.70. The molecule has 6 fully saturated rings. The zero-order valence-corrected chi connectivity index (χ0v) is 31.8. The number of hydrogen-bond donors (Lipinski definition) is 0. The summed E-state index contributed by atoms with van der Waals surface area (Å²) in [6.07, 6.45) is 4.44. The smallest absolute Gasteiger partial charge is 0.189 e. The molecule has 8 rings (SSSR count). The van der Waals surface area contributed by atoms with Crippen LogP contribution in [0, 0.1) is 5.92 Å². The van der Waals surface area contributed by atoms with Gasteiger partial charge in [0.15, 0.2) is 35.7 Å². The highest BCUT2D eigenvalue weighted by atomic mass is 32.2. The third-order valence-corrected chi connectivity index (χ3v) is 11.9. The van der Waals surface area contributed by atoms with Gasteiger partial charge in [-0.25, -0.2) is 0 Å². The van der Waals surface area contributed by atoms with E-state index >= 15 is 0 Å². The number of aromatic nitrogens is 4. The second-order valence-corrected chi connectivity index (χ2v) is 17.3. The van der Waals surface area contributed by atoms with E-state index in [1.807, 2.05) is 78.6 Å². The molecule has 2 aromatic heterocycles. The maximum absolute atomic E-state index is 6.53. The second kappa shape index (κ2) is 13.0. The molecular weight excluding hydrogens is 684 g/mol. The fraction of sp³-hybridized carbons (Fsp3) is 0.857. The van der Waals surface area contributed by atoms with Gasteiger partial charge >= 0.3 is 0 Å². The fourth-order valence-electron chi connectivity index (χ4n) is 8.41. The summed E-state index contributed by atoms with van der Waals surface area (Å²) in [5, 5.41) is 13.5. The molecule has 284 valence electrons. The molecule has 51 heavy (non-hydrogen) atoms. The van der Waals surface area contributed by atoms with Gasteiger partial charge in [0.25, 0.3) is 0 Å². The van der Waals surface area contributed by atoms with Crippen molar-refractivity contribution in [3.63, 3.8) is 0 Å². The van der Waals surface area contributed by atoms with Crippen LogP contribution in [0.4, 0.5) is 0 Å². The number of hydrogen-bond acceptors (Lipinski definition) is 15. The van der Waals surface area contributed by atoms with Crippen molar-refractivity contribution in [1.29, 1.82) is 0 Å². The first-order chi connectivity index (χ1) is 24.1. The fourth-order valence-corrected chi connectivity index (χ4v) is 9.54. The molecule has 0 unspecified atom stereocenters. The summed E-state index contributed by atoms with van der Waals surface area (Å²) in [4.78, 5) is 0. The summed E-state index contributed by atoms with van der Waals surface area (Å²) in [5.41, 5.74) is 1.68. The van der Waals surface area contributed by atoms with E-state index in [9.17, 15) is 0 Å². The minimum atomic E-state index is -0.789. The van der Waals surface area contributed by atoms with Crippen LogP contribution in [0.15, 0.2) is 16.8 Å². The SMILES string of the molecule is CS[C@@]1(c2cc(CCCCc3cn(C[C@H]4[C@H]5OC(C)(C)O[C@H]5O[C@@H]4[C@H]4COC(C)(C)O4)nn3)on2)[C@@H]([C@H]2COC(C)(C)O2)O[C@@H]2OC(C)(C)O[C@@H]21. The highest BCUT2D eigenvalue weighted by Gasteiger charge is 2.68. The minimum absolute atomic E-state index is 0.0503. The summed E-state index contributed by atoms with van der Waals surface area (Å²) < 4.78 is 69.2. The molecule has 0 aliphatic carbocycles. The topological polar surface area (TPSA) is 149 Å². The molecular formula is C35H52N4O11S. The predicted molar refractivity (Wildman–Crippen MR) is 179 cm³/mol. The van der Waals surface area contributed by atoms with Gasteiger partial charge in [-0.15, -0.1) is 16.9 Å². The van der Waals surface area contributed by atoms with Crippen molar-refractivity contribution in [3.05, 3.63) is 29.4 Å². The Balaban J connectivity index is 0.894.